The maximum atomic E-state index is 12.3. The van der Waals surface area contributed by atoms with Crippen molar-refractivity contribution in [2.45, 2.75) is 31.6 Å². The van der Waals surface area contributed by atoms with Crippen LogP contribution in [0, 0.1) is 0 Å². The van der Waals surface area contributed by atoms with E-state index in [2.05, 4.69) is 10.2 Å². The van der Waals surface area contributed by atoms with Gasteiger partial charge in [0.05, 0.1) is 6.04 Å². The number of hydrogen-bond donors (Lipinski definition) is 3. The van der Waals surface area contributed by atoms with Crippen LogP contribution in [0.5, 0.6) is 5.75 Å². The van der Waals surface area contributed by atoms with Crippen molar-refractivity contribution in [1.29, 1.82) is 0 Å². The van der Waals surface area contributed by atoms with Crippen LogP contribution in [-0.4, -0.2) is 46.9 Å². The summed E-state index contributed by atoms with van der Waals surface area (Å²) in [6.07, 6.45) is 0.803. The van der Waals surface area contributed by atoms with E-state index < -0.39 is 18.2 Å². The minimum absolute atomic E-state index is 0.136. The smallest absolute Gasteiger partial charge is 0.407 e. The van der Waals surface area contributed by atoms with E-state index in [9.17, 15) is 15.0 Å². The van der Waals surface area contributed by atoms with E-state index in [0.717, 1.165) is 31.5 Å². The lowest BCUT2D eigenvalue weighted by Crippen LogP contribution is -2.46. The average molecular weight is 370 g/mol. The summed E-state index contributed by atoms with van der Waals surface area (Å²) in [5.41, 5.74) is 1.54. The highest BCUT2D eigenvalue weighted by Gasteiger charge is 2.27. The highest BCUT2D eigenvalue weighted by Crippen LogP contribution is 2.22. The van der Waals surface area contributed by atoms with Gasteiger partial charge < -0.3 is 25.2 Å². The average Bonchev–Trinajstić information content (AvgIpc) is 3.20. The first-order valence-electron chi connectivity index (χ1n) is 9.28. The fourth-order valence-electron chi connectivity index (χ4n) is 3.29. The number of alkyl carbamates (subject to hydrolysis) is 1. The predicted molar refractivity (Wildman–Crippen MR) is 102 cm³/mol. The van der Waals surface area contributed by atoms with Gasteiger partial charge in [0, 0.05) is 6.54 Å². The predicted octanol–water partition coefficient (Wildman–Crippen LogP) is 2.82. The molecule has 2 aromatic rings. The Hall–Kier alpha value is -2.57. The molecule has 0 aromatic heterocycles. The molecule has 3 N–H and O–H groups in total. The topological polar surface area (TPSA) is 82.0 Å². The molecule has 0 radical (unpaired) electrons. The molecule has 0 saturated carbocycles. The van der Waals surface area contributed by atoms with Gasteiger partial charge in [-0.1, -0.05) is 42.5 Å². The number of phenolic OH excluding ortho intramolecular Hbond substituents is 1. The normalized spacial score (nSPS) is 16.6. The molecule has 2 aromatic carbocycles. The first-order valence-corrected chi connectivity index (χ1v) is 9.28. The number of hydrogen-bond acceptors (Lipinski definition) is 5. The van der Waals surface area contributed by atoms with Crippen LogP contribution in [0.25, 0.3) is 0 Å². The summed E-state index contributed by atoms with van der Waals surface area (Å²) in [4.78, 5) is 14.5. The zero-order valence-corrected chi connectivity index (χ0v) is 15.3. The molecule has 1 aliphatic rings. The van der Waals surface area contributed by atoms with Gasteiger partial charge in [-0.2, -0.15) is 0 Å². The lowest BCUT2D eigenvalue weighted by Gasteiger charge is -2.28. The van der Waals surface area contributed by atoms with Crippen LogP contribution >= 0.6 is 0 Å². The summed E-state index contributed by atoms with van der Waals surface area (Å²) in [6, 6.07) is 15.3. The van der Waals surface area contributed by atoms with Crippen LogP contribution in [0.1, 0.15) is 30.1 Å². The van der Waals surface area contributed by atoms with E-state index in [1.165, 1.54) is 12.1 Å². The van der Waals surface area contributed by atoms with Crippen molar-refractivity contribution in [3.8, 4) is 5.75 Å². The largest absolute Gasteiger partial charge is 0.508 e. The van der Waals surface area contributed by atoms with Gasteiger partial charge in [0.1, 0.15) is 18.5 Å². The van der Waals surface area contributed by atoms with E-state index in [0.29, 0.717) is 12.1 Å². The first kappa shape index (κ1) is 19.2. The summed E-state index contributed by atoms with van der Waals surface area (Å²) in [7, 11) is 0. The van der Waals surface area contributed by atoms with Crippen molar-refractivity contribution < 1.29 is 19.7 Å². The van der Waals surface area contributed by atoms with Crippen LogP contribution in [0.15, 0.2) is 54.6 Å². The lowest BCUT2D eigenvalue weighted by atomic mass is 10.0. The number of likely N-dealkylation sites (tertiary alicyclic amines) is 1. The Morgan fingerprint density at radius 2 is 1.74 bits per heavy atom. The van der Waals surface area contributed by atoms with E-state index in [1.807, 2.05) is 30.3 Å². The second-order valence-corrected chi connectivity index (χ2v) is 6.86. The molecule has 3 rings (SSSR count). The molecule has 0 aliphatic carbocycles. The Labute approximate surface area is 159 Å². The number of ether oxygens (including phenoxy) is 1. The molecular formula is C21H26N2O4. The molecule has 144 valence electrons. The second-order valence-electron chi connectivity index (χ2n) is 6.86. The number of aromatic hydroxyl groups is 1. The fourth-order valence-corrected chi connectivity index (χ4v) is 3.29. The summed E-state index contributed by atoms with van der Waals surface area (Å²) in [6.45, 7) is 2.64. The van der Waals surface area contributed by atoms with Crippen LogP contribution < -0.4 is 5.32 Å². The maximum Gasteiger partial charge on any atom is 0.407 e. The Bertz CT molecular complexity index is 715. The van der Waals surface area contributed by atoms with Crippen LogP contribution in [0.4, 0.5) is 4.79 Å². The quantitative estimate of drug-likeness (QED) is 0.698. The number of nitrogens with zero attached hydrogens (tertiary/aromatic N) is 1. The molecule has 6 nitrogen and oxygen atoms in total. The zero-order valence-electron chi connectivity index (χ0n) is 15.3. The fraction of sp³-hybridized carbons (Fsp3) is 0.381. The highest BCUT2D eigenvalue weighted by atomic mass is 16.5. The SMILES string of the molecule is O=C(N[C@H](CN1CCCC1)[C@H](O)c1ccc(O)cc1)OCc1ccccc1. The lowest BCUT2D eigenvalue weighted by molar-refractivity contribution is 0.0882. The first-order chi connectivity index (χ1) is 13.1. The van der Waals surface area contributed by atoms with Crippen molar-refractivity contribution in [3.63, 3.8) is 0 Å². The van der Waals surface area contributed by atoms with Crippen molar-refractivity contribution in [2.75, 3.05) is 19.6 Å². The third-order valence-electron chi connectivity index (χ3n) is 4.79. The third-order valence-corrected chi connectivity index (χ3v) is 4.79. The molecule has 1 aliphatic heterocycles. The van der Waals surface area contributed by atoms with Gasteiger partial charge >= 0.3 is 6.09 Å². The number of aliphatic hydroxyl groups is 1. The van der Waals surface area contributed by atoms with E-state index in [4.69, 9.17) is 4.74 Å². The number of amides is 1. The number of rotatable bonds is 7. The summed E-state index contributed by atoms with van der Waals surface area (Å²) in [5.74, 6) is 0.136. The molecule has 1 amide bonds. The van der Waals surface area contributed by atoms with E-state index >= 15 is 0 Å². The molecule has 0 unspecified atom stereocenters. The molecule has 0 bridgehead atoms. The van der Waals surface area contributed by atoms with Gasteiger partial charge in [-0.3, -0.25) is 0 Å². The van der Waals surface area contributed by atoms with Gasteiger partial charge in [-0.05, 0) is 49.2 Å². The summed E-state index contributed by atoms with van der Waals surface area (Å²) < 4.78 is 5.31. The number of carbonyl (C=O) groups is 1. The van der Waals surface area contributed by atoms with E-state index in [1.54, 1.807) is 12.1 Å². The van der Waals surface area contributed by atoms with E-state index in [-0.39, 0.29) is 12.4 Å². The standard InChI is InChI=1S/C21H26N2O4/c24-18-10-8-17(9-11-18)20(25)19(14-23-12-4-5-13-23)22-21(26)27-15-16-6-2-1-3-7-16/h1-3,6-11,19-20,24-25H,4-5,12-15H2,(H,22,26)/t19-,20-/m1/s1. The highest BCUT2D eigenvalue weighted by molar-refractivity contribution is 5.67. The molecule has 6 heteroatoms. The Kier molecular flexibility index (Phi) is 6.68. The van der Waals surface area contributed by atoms with Crippen molar-refractivity contribution in [1.82, 2.24) is 10.2 Å². The molecule has 0 spiro atoms. The third kappa shape index (κ3) is 5.70. The minimum Gasteiger partial charge on any atom is -0.508 e. The second kappa shape index (κ2) is 9.39. The Morgan fingerprint density at radius 1 is 1.07 bits per heavy atom. The molecular weight excluding hydrogens is 344 g/mol. The molecule has 1 fully saturated rings. The minimum atomic E-state index is -0.893. The Balaban J connectivity index is 1.63. The van der Waals surface area contributed by atoms with Crippen molar-refractivity contribution in [2.24, 2.45) is 0 Å². The van der Waals surface area contributed by atoms with Gasteiger partial charge in [-0.15, -0.1) is 0 Å². The number of aliphatic hydroxyl groups excluding tert-OH is 1. The van der Waals surface area contributed by atoms with Crippen LogP contribution in [0.2, 0.25) is 0 Å². The van der Waals surface area contributed by atoms with Gasteiger partial charge in [0.2, 0.25) is 0 Å². The van der Waals surface area contributed by atoms with Crippen LogP contribution in [0.3, 0.4) is 0 Å². The summed E-state index contributed by atoms with van der Waals surface area (Å²) in [5, 5.41) is 23.0. The van der Waals surface area contributed by atoms with Gasteiger partial charge in [-0.25, -0.2) is 4.79 Å². The van der Waals surface area contributed by atoms with Gasteiger partial charge in [0.25, 0.3) is 0 Å². The van der Waals surface area contributed by atoms with Crippen molar-refractivity contribution >= 4 is 6.09 Å². The molecule has 1 saturated heterocycles. The number of nitrogens with one attached hydrogen (secondary N) is 1. The number of carbonyl (C=O) groups excluding carboxylic acids is 1. The number of benzene rings is 2. The van der Waals surface area contributed by atoms with Gasteiger partial charge in [0.15, 0.2) is 0 Å². The summed E-state index contributed by atoms with van der Waals surface area (Å²) >= 11 is 0. The van der Waals surface area contributed by atoms with Crippen molar-refractivity contribution in [3.05, 3.63) is 65.7 Å². The molecule has 1 heterocycles. The molecule has 2 atom stereocenters. The maximum absolute atomic E-state index is 12.3. The van der Waals surface area contributed by atoms with Crippen LogP contribution in [-0.2, 0) is 11.3 Å². The number of phenols is 1. The monoisotopic (exact) mass is 370 g/mol. The Morgan fingerprint density at radius 3 is 2.41 bits per heavy atom. The zero-order chi connectivity index (χ0) is 19.1. The molecule has 27 heavy (non-hydrogen) atoms.